The molecule has 0 aromatic carbocycles. The fourth-order valence-electron chi connectivity index (χ4n) is 2.88. The lowest BCUT2D eigenvalue weighted by Gasteiger charge is -2.43. The molecule has 0 radical (unpaired) electrons. The summed E-state index contributed by atoms with van der Waals surface area (Å²) in [6.45, 7) is 3.35. The maximum Gasteiger partial charge on any atom is 0.0730 e. The van der Waals surface area contributed by atoms with Crippen molar-refractivity contribution < 1.29 is 4.74 Å². The quantitative estimate of drug-likeness (QED) is 0.587. The van der Waals surface area contributed by atoms with Crippen molar-refractivity contribution in [3.8, 4) is 0 Å². The summed E-state index contributed by atoms with van der Waals surface area (Å²) in [6.07, 6.45) is 8.49. The van der Waals surface area contributed by atoms with Gasteiger partial charge in [-0.15, -0.1) is 0 Å². The van der Waals surface area contributed by atoms with Gasteiger partial charge < -0.3 is 4.74 Å². The van der Waals surface area contributed by atoms with E-state index in [-0.39, 0.29) is 0 Å². The van der Waals surface area contributed by atoms with Crippen molar-refractivity contribution in [3.63, 3.8) is 0 Å². The molecular formula is C12H23NOS. The van der Waals surface area contributed by atoms with Gasteiger partial charge in [-0.1, -0.05) is 12.8 Å². The van der Waals surface area contributed by atoms with Gasteiger partial charge >= 0.3 is 0 Å². The van der Waals surface area contributed by atoms with Crippen LogP contribution in [0.5, 0.6) is 0 Å². The topological polar surface area (TPSA) is 12.5 Å². The lowest BCUT2D eigenvalue weighted by Crippen LogP contribution is -2.52. The predicted octanol–water partition coefficient (Wildman–Crippen LogP) is 2.34. The lowest BCUT2D eigenvalue weighted by molar-refractivity contribution is -0.0881. The van der Waals surface area contributed by atoms with Crippen LogP contribution in [0.2, 0.25) is 0 Å². The minimum Gasteiger partial charge on any atom is -0.375 e. The number of nitrogens with zero attached hydrogens (tertiary/aromatic N) is 1. The smallest absolute Gasteiger partial charge is 0.0730 e. The van der Waals surface area contributed by atoms with Crippen molar-refractivity contribution >= 4 is 12.6 Å². The van der Waals surface area contributed by atoms with Gasteiger partial charge in [-0.25, -0.2) is 0 Å². The van der Waals surface area contributed by atoms with Crippen molar-refractivity contribution in [2.75, 3.05) is 25.4 Å². The van der Waals surface area contributed by atoms with Gasteiger partial charge in [-0.3, -0.25) is 4.90 Å². The highest BCUT2D eigenvalue weighted by Gasteiger charge is 2.33. The number of hydrogen-bond acceptors (Lipinski definition) is 3. The van der Waals surface area contributed by atoms with E-state index in [2.05, 4.69) is 17.5 Å². The Morgan fingerprint density at radius 3 is 2.93 bits per heavy atom. The summed E-state index contributed by atoms with van der Waals surface area (Å²) in [7, 11) is 0. The van der Waals surface area contributed by atoms with Gasteiger partial charge in [0.2, 0.25) is 0 Å². The van der Waals surface area contributed by atoms with Crippen LogP contribution in [0.3, 0.4) is 0 Å². The molecule has 88 valence electrons. The van der Waals surface area contributed by atoms with Crippen LogP contribution in [0.1, 0.15) is 38.5 Å². The molecule has 0 spiro atoms. The Labute approximate surface area is 98.8 Å². The summed E-state index contributed by atoms with van der Waals surface area (Å²) in [4.78, 5) is 2.66. The van der Waals surface area contributed by atoms with Crippen molar-refractivity contribution in [1.82, 2.24) is 4.90 Å². The summed E-state index contributed by atoms with van der Waals surface area (Å²) in [5.74, 6) is 1.03. The molecule has 1 aliphatic carbocycles. The average Bonchev–Trinajstić information content (AvgIpc) is 2.30. The Bertz CT molecular complexity index is 186. The number of unbranched alkanes of at least 4 members (excludes halogenated alkanes) is 1. The van der Waals surface area contributed by atoms with E-state index in [1.807, 2.05) is 0 Å². The van der Waals surface area contributed by atoms with Crippen LogP contribution in [0, 0.1) is 0 Å². The third-order valence-corrected chi connectivity index (χ3v) is 4.02. The number of ether oxygens (including phenoxy) is 1. The van der Waals surface area contributed by atoms with Gasteiger partial charge in [0.1, 0.15) is 0 Å². The molecule has 0 aromatic heterocycles. The fourth-order valence-corrected chi connectivity index (χ4v) is 3.10. The highest BCUT2D eigenvalue weighted by Crippen LogP contribution is 2.28. The zero-order valence-electron chi connectivity index (χ0n) is 9.53. The Balaban J connectivity index is 1.81. The molecule has 1 aliphatic heterocycles. The zero-order valence-corrected chi connectivity index (χ0v) is 10.4. The van der Waals surface area contributed by atoms with Crippen LogP contribution in [-0.2, 0) is 4.74 Å². The van der Waals surface area contributed by atoms with Gasteiger partial charge in [-0.2, -0.15) is 12.6 Å². The number of thiol groups is 1. The first kappa shape index (κ1) is 11.7. The molecule has 1 heterocycles. The molecule has 2 nitrogen and oxygen atoms in total. The fraction of sp³-hybridized carbons (Fsp3) is 1.00. The van der Waals surface area contributed by atoms with E-state index in [0.717, 1.165) is 24.9 Å². The molecule has 3 heteroatoms. The summed E-state index contributed by atoms with van der Waals surface area (Å²) in [6, 6.07) is 0.729. The highest BCUT2D eigenvalue weighted by atomic mass is 32.1. The van der Waals surface area contributed by atoms with Crippen LogP contribution in [0.15, 0.2) is 0 Å². The predicted molar refractivity (Wildman–Crippen MR) is 66.7 cm³/mol. The van der Waals surface area contributed by atoms with Gasteiger partial charge in [0, 0.05) is 12.6 Å². The van der Waals surface area contributed by atoms with E-state index in [1.54, 1.807) is 0 Å². The molecule has 1 saturated carbocycles. The van der Waals surface area contributed by atoms with E-state index < -0.39 is 0 Å². The third-order valence-electron chi connectivity index (χ3n) is 3.70. The van der Waals surface area contributed by atoms with E-state index in [9.17, 15) is 0 Å². The van der Waals surface area contributed by atoms with Crippen molar-refractivity contribution in [3.05, 3.63) is 0 Å². The first-order valence-corrected chi connectivity index (χ1v) is 7.01. The average molecular weight is 229 g/mol. The Morgan fingerprint density at radius 2 is 2.07 bits per heavy atom. The Morgan fingerprint density at radius 1 is 1.20 bits per heavy atom. The molecule has 0 aromatic rings. The highest BCUT2D eigenvalue weighted by molar-refractivity contribution is 7.80. The lowest BCUT2D eigenvalue weighted by atomic mass is 9.90. The minimum atomic E-state index is 0.545. The Hall–Kier alpha value is 0.270. The summed E-state index contributed by atoms with van der Waals surface area (Å²) < 4.78 is 5.86. The second-order valence-corrected chi connectivity index (χ2v) is 5.17. The monoisotopic (exact) mass is 229 g/mol. The van der Waals surface area contributed by atoms with E-state index >= 15 is 0 Å². The SMILES string of the molecule is SCCCCN1CCOC2CCCCC21. The van der Waals surface area contributed by atoms with E-state index in [4.69, 9.17) is 4.74 Å². The molecule has 1 saturated heterocycles. The van der Waals surface area contributed by atoms with Crippen molar-refractivity contribution in [2.45, 2.75) is 50.7 Å². The second-order valence-electron chi connectivity index (χ2n) is 4.73. The maximum atomic E-state index is 5.86. The largest absolute Gasteiger partial charge is 0.375 e. The molecule has 2 rings (SSSR count). The van der Waals surface area contributed by atoms with Gasteiger partial charge in [-0.05, 0) is 38.0 Å². The molecule has 2 fully saturated rings. The van der Waals surface area contributed by atoms with Crippen LogP contribution in [0.25, 0.3) is 0 Å². The van der Waals surface area contributed by atoms with Crippen LogP contribution < -0.4 is 0 Å². The Kier molecular flexibility index (Phi) is 4.79. The van der Waals surface area contributed by atoms with E-state index in [1.165, 1.54) is 45.1 Å². The zero-order chi connectivity index (χ0) is 10.5. The molecule has 2 unspecified atom stereocenters. The number of fused-ring (bicyclic) bond motifs is 1. The van der Waals surface area contributed by atoms with Gasteiger partial charge in [0.15, 0.2) is 0 Å². The van der Waals surface area contributed by atoms with E-state index in [0.29, 0.717) is 6.10 Å². The normalized spacial score (nSPS) is 32.6. The molecule has 2 atom stereocenters. The second kappa shape index (κ2) is 6.12. The molecular weight excluding hydrogens is 206 g/mol. The van der Waals surface area contributed by atoms with Crippen LogP contribution in [0.4, 0.5) is 0 Å². The minimum absolute atomic E-state index is 0.545. The maximum absolute atomic E-state index is 5.86. The van der Waals surface area contributed by atoms with Crippen molar-refractivity contribution in [2.24, 2.45) is 0 Å². The summed E-state index contributed by atoms with van der Waals surface area (Å²) in [5, 5.41) is 0. The molecule has 15 heavy (non-hydrogen) atoms. The first-order chi connectivity index (χ1) is 7.42. The molecule has 0 amide bonds. The number of hydrogen-bond donors (Lipinski definition) is 1. The summed E-state index contributed by atoms with van der Waals surface area (Å²) in [5.41, 5.74) is 0. The van der Waals surface area contributed by atoms with Crippen molar-refractivity contribution in [1.29, 1.82) is 0 Å². The van der Waals surface area contributed by atoms with Crippen LogP contribution in [-0.4, -0.2) is 42.5 Å². The van der Waals surface area contributed by atoms with Gasteiger partial charge in [0.25, 0.3) is 0 Å². The van der Waals surface area contributed by atoms with Gasteiger partial charge in [0.05, 0.1) is 12.7 Å². The first-order valence-electron chi connectivity index (χ1n) is 6.38. The molecule has 0 bridgehead atoms. The summed E-state index contributed by atoms with van der Waals surface area (Å²) >= 11 is 4.27. The number of morpholine rings is 1. The van der Waals surface area contributed by atoms with Crippen LogP contribution >= 0.6 is 12.6 Å². The number of rotatable bonds is 4. The molecule has 2 aliphatic rings. The molecule has 0 N–H and O–H groups in total. The third kappa shape index (κ3) is 3.11. The standard InChI is InChI=1S/C12H23NOS/c15-10-4-3-7-13-8-9-14-12-6-2-1-5-11(12)13/h11-12,15H,1-10H2.